The number of nitrogens with zero attached hydrogens (tertiary/aromatic N) is 1. The third-order valence-corrected chi connectivity index (χ3v) is 3.65. The Morgan fingerprint density at radius 1 is 0.960 bits per heavy atom. The number of halogens is 1. The predicted octanol–water partition coefficient (Wildman–Crippen LogP) is 3.06. The van der Waals surface area contributed by atoms with Crippen LogP contribution in [0.25, 0.3) is 0 Å². The van der Waals surface area contributed by atoms with Crippen molar-refractivity contribution in [2.24, 2.45) is 0 Å². The molecule has 2 aromatic carbocycles. The summed E-state index contributed by atoms with van der Waals surface area (Å²) in [5.74, 6) is -0.950. The van der Waals surface area contributed by atoms with E-state index in [-0.39, 0.29) is 5.91 Å². The van der Waals surface area contributed by atoms with Gasteiger partial charge in [-0.15, -0.1) is 0 Å². The number of carbonyl (C=O) groups is 1. The lowest BCUT2D eigenvalue weighted by molar-refractivity contribution is 0.0962. The number of anilines is 1. The van der Waals surface area contributed by atoms with Crippen LogP contribution in [0.2, 0.25) is 0 Å². The van der Waals surface area contributed by atoms with Gasteiger partial charge in [0, 0.05) is 5.56 Å². The molecule has 0 fully saturated rings. The molecule has 3 rings (SSSR count). The van der Waals surface area contributed by atoms with Crippen molar-refractivity contribution < 1.29 is 14.3 Å². The van der Waals surface area contributed by atoms with Crippen molar-refractivity contribution in [3.05, 3.63) is 95.6 Å². The largest absolute Gasteiger partial charge is 0.384 e. The minimum absolute atomic E-state index is 0.356. The van der Waals surface area contributed by atoms with Gasteiger partial charge in [-0.2, -0.15) is 4.39 Å². The van der Waals surface area contributed by atoms with Gasteiger partial charge in [-0.3, -0.25) is 15.6 Å². The first-order valence-electron chi connectivity index (χ1n) is 7.64. The molecule has 5 nitrogen and oxygen atoms in total. The molecular weight excluding hydrogens is 321 g/mol. The average molecular weight is 337 g/mol. The maximum atomic E-state index is 12.7. The summed E-state index contributed by atoms with van der Waals surface area (Å²) in [4.78, 5) is 15.6. The Kier molecular flexibility index (Phi) is 5.01. The van der Waals surface area contributed by atoms with Crippen molar-refractivity contribution in [2.45, 2.75) is 6.10 Å². The fraction of sp³-hybridized carbons (Fsp3) is 0.0526. The maximum absolute atomic E-state index is 12.7. The van der Waals surface area contributed by atoms with Gasteiger partial charge in [0.1, 0.15) is 6.10 Å². The van der Waals surface area contributed by atoms with Crippen LogP contribution in [-0.4, -0.2) is 16.0 Å². The quantitative estimate of drug-likeness (QED) is 0.494. The van der Waals surface area contributed by atoms with E-state index >= 15 is 0 Å². The number of carbonyl (C=O) groups excluding carboxylic acids is 1. The SMILES string of the molecule is O=C(NNc1ccc(F)nc1)c1ccc(C(O)c2ccccc2)cc1. The van der Waals surface area contributed by atoms with Crippen molar-refractivity contribution in [1.29, 1.82) is 0 Å². The Morgan fingerprint density at radius 2 is 1.64 bits per heavy atom. The minimum Gasteiger partial charge on any atom is -0.384 e. The fourth-order valence-electron chi connectivity index (χ4n) is 2.30. The van der Waals surface area contributed by atoms with E-state index in [0.717, 1.165) is 5.56 Å². The van der Waals surface area contributed by atoms with E-state index in [2.05, 4.69) is 15.8 Å². The van der Waals surface area contributed by atoms with Crippen LogP contribution in [0.15, 0.2) is 72.9 Å². The van der Waals surface area contributed by atoms with Crippen LogP contribution in [0.5, 0.6) is 0 Å². The predicted molar refractivity (Wildman–Crippen MR) is 92.2 cm³/mol. The smallest absolute Gasteiger partial charge is 0.269 e. The Balaban J connectivity index is 1.63. The van der Waals surface area contributed by atoms with E-state index in [4.69, 9.17) is 0 Å². The first-order chi connectivity index (χ1) is 12.1. The molecule has 0 spiro atoms. The number of hydrogen-bond acceptors (Lipinski definition) is 4. The highest BCUT2D eigenvalue weighted by Crippen LogP contribution is 2.21. The van der Waals surface area contributed by atoms with Gasteiger partial charge in [-0.25, -0.2) is 4.98 Å². The lowest BCUT2D eigenvalue weighted by atomic mass is 10.0. The van der Waals surface area contributed by atoms with Crippen molar-refractivity contribution >= 4 is 11.6 Å². The van der Waals surface area contributed by atoms with E-state index in [9.17, 15) is 14.3 Å². The summed E-state index contributed by atoms with van der Waals surface area (Å²) in [6.45, 7) is 0. The van der Waals surface area contributed by atoms with Crippen molar-refractivity contribution in [3.8, 4) is 0 Å². The molecule has 0 aliphatic rings. The van der Waals surface area contributed by atoms with Gasteiger partial charge in [-0.1, -0.05) is 42.5 Å². The zero-order chi connectivity index (χ0) is 17.6. The van der Waals surface area contributed by atoms with Gasteiger partial charge >= 0.3 is 0 Å². The highest BCUT2D eigenvalue weighted by atomic mass is 19.1. The lowest BCUT2D eigenvalue weighted by Crippen LogP contribution is -2.29. The number of aliphatic hydroxyl groups is 1. The summed E-state index contributed by atoms with van der Waals surface area (Å²) >= 11 is 0. The van der Waals surface area contributed by atoms with E-state index in [1.807, 2.05) is 30.3 Å². The second-order valence-electron chi connectivity index (χ2n) is 5.38. The molecule has 3 aromatic rings. The molecular formula is C19H16FN3O2. The van der Waals surface area contributed by atoms with Crippen molar-refractivity contribution in [3.63, 3.8) is 0 Å². The topological polar surface area (TPSA) is 74.2 Å². The number of rotatable bonds is 5. The first-order valence-corrected chi connectivity index (χ1v) is 7.64. The molecule has 25 heavy (non-hydrogen) atoms. The number of benzene rings is 2. The second-order valence-corrected chi connectivity index (χ2v) is 5.38. The Morgan fingerprint density at radius 3 is 2.28 bits per heavy atom. The van der Waals surface area contributed by atoms with Gasteiger partial charge in [0.25, 0.3) is 5.91 Å². The number of amides is 1. The summed E-state index contributed by atoms with van der Waals surface area (Å²) < 4.78 is 12.7. The van der Waals surface area contributed by atoms with E-state index in [1.165, 1.54) is 18.3 Å². The summed E-state index contributed by atoms with van der Waals surface area (Å²) in [6, 6.07) is 18.6. The van der Waals surface area contributed by atoms with Crippen LogP contribution in [-0.2, 0) is 0 Å². The number of hydrogen-bond donors (Lipinski definition) is 3. The summed E-state index contributed by atoms with van der Waals surface area (Å²) in [7, 11) is 0. The lowest BCUT2D eigenvalue weighted by Gasteiger charge is -2.12. The standard InChI is InChI=1S/C19H16FN3O2/c20-17-11-10-16(12-21-17)22-23-19(25)15-8-6-14(7-9-15)18(24)13-4-2-1-3-5-13/h1-12,18,22,24H,(H,23,25). The molecule has 1 aromatic heterocycles. The number of aliphatic hydroxyl groups excluding tert-OH is 1. The number of hydrazine groups is 1. The van der Waals surface area contributed by atoms with Gasteiger partial charge in [0.2, 0.25) is 5.95 Å². The average Bonchev–Trinajstić information content (AvgIpc) is 2.67. The molecule has 0 radical (unpaired) electrons. The molecule has 0 aliphatic carbocycles. The molecule has 3 N–H and O–H groups in total. The molecule has 1 unspecified atom stereocenters. The zero-order valence-corrected chi connectivity index (χ0v) is 13.2. The summed E-state index contributed by atoms with van der Waals surface area (Å²) in [5, 5.41) is 10.3. The van der Waals surface area contributed by atoms with Crippen LogP contribution in [0.4, 0.5) is 10.1 Å². The summed E-state index contributed by atoms with van der Waals surface area (Å²) in [5.41, 5.74) is 7.52. The van der Waals surface area contributed by atoms with Crippen LogP contribution < -0.4 is 10.9 Å². The van der Waals surface area contributed by atoms with Crippen LogP contribution in [0, 0.1) is 5.95 Å². The van der Waals surface area contributed by atoms with Crippen molar-refractivity contribution in [2.75, 3.05) is 5.43 Å². The number of pyridine rings is 1. The third-order valence-electron chi connectivity index (χ3n) is 3.65. The molecule has 1 atom stereocenters. The minimum atomic E-state index is -0.748. The monoisotopic (exact) mass is 337 g/mol. The fourth-order valence-corrected chi connectivity index (χ4v) is 2.30. The van der Waals surface area contributed by atoms with Crippen LogP contribution in [0.1, 0.15) is 27.6 Å². The number of nitrogens with one attached hydrogen (secondary N) is 2. The highest BCUT2D eigenvalue weighted by Gasteiger charge is 2.11. The first kappa shape index (κ1) is 16.6. The second kappa shape index (κ2) is 7.55. The van der Waals surface area contributed by atoms with Gasteiger partial charge < -0.3 is 5.11 Å². The van der Waals surface area contributed by atoms with Crippen LogP contribution in [0.3, 0.4) is 0 Å². The Bertz CT molecular complexity index is 837. The van der Waals surface area contributed by atoms with E-state index < -0.39 is 12.1 Å². The molecule has 0 aliphatic heterocycles. The van der Waals surface area contributed by atoms with Crippen LogP contribution >= 0.6 is 0 Å². The molecule has 0 saturated heterocycles. The third kappa shape index (κ3) is 4.19. The molecule has 0 saturated carbocycles. The molecule has 126 valence electrons. The highest BCUT2D eigenvalue weighted by molar-refractivity contribution is 5.94. The molecule has 0 bridgehead atoms. The van der Waals surface area contributed by atoms with Gasteiger partial charge in [-0.05, 0) is 35.4 Å². The molecule has 1 amide bonds. The molecule has 6 heteroatoms. The summed E-state index contributed by atoms with van der Waals surface area (Å²) in [6.07, 6.45) is 0.524. The Hall–Kier alpha value is -3.25. The normalized spacial score (nSPS) is 11.6. The zero-order valence-electron chi connectivity index (χ0n) is 13.2. The Labute approximate surface area is 144 Å². The van der Waals surface area contributed by atoms with Crippen molar-refractivity contribution in [1.82, 2.24) is 10.4 Å². The van der Waals surface area contributed by atoms with E-state index in [1.54, 1.807) is 24.3 Å². The number of aromatic nitrogens is 1. The van der Waals surface area contributed by atoms with Gasteiger partial charge in [0.05, 0.1) is 11.9 Å². The molecule has 1 heterocycles. The van der Waals surface area contributed by atoms with Gasteiger partial charge in [0.15, 0.2) is 0 Å². The maximum Gasteiger partial charge on any atom is 0.269 e. The van der Waals surface area contributed by atoms with E-state index in [0.29, 0.717) is 16.8 Å².